The minimum atomic E-state index is -3.80. The number of benzene rings is 1. The Hall–Kier alpha value is -0.690. The fourth-order valence-corrected chi connectivity index (χ4v) is 5.20. The maximum atomic E-state index is 13.9. The van der Waals surface area contributed by atoms with E-state index in [2.05, 4.69) is 0 Å². The van der Waals surface area contributed by atoms with Gasteiger partial charge in [0.05, 0.1) is 0 Å². The molecule has 21 heavy (non-hydrogen) atoms. The van der Waals surface area contributed by atoms with Crippen molar-refractivity contribution in [1.29, 1.82) is 0 Å². The van der Waals surface area contributed by atoms with Crippen molar-refractivity contribution in [2.45, 2.75) is 30.2 Å². The Morgan fingerprint density at radius 2 is 1.95 bits per heavy atom. The number of nitrogens with zero attached hydrogens (tertiary/aromatic N) is 1. The summed E-state index contributed by atoms with van der Waals surface area (Å²) in [6, 6.07) is 3.83. The van der Waals surface area contributed by atoms with Gasteiger partial charge in [-0.15, -0.1) is 0 Å². The smallest absolute Gasteiger partial charge is 0.246 e. The number of nitrogens with two attached hydrogens (primary N) is 1. The van der Waals surface area contributed by atoms with Crippen molar-refractivity contribution >= 4 is 21.6 Å². The van der Waals surface area contributed by atoms with Crippen molar-refractivity contribution in [2.75, 3.05) is 13.1 Å². The summed E-state index contributed by atoms with van der Waals surface area (Å²) in [7, 11) is -3.80. The van der Waals surface area contributed by atoms with E-state index < -0.39 is 15.8 Å². The summed E-state index contributed by atoms with van der Waals surface area (Å²) < 4.78 is 40.5. The molecular weight excluding hydrogens is 315 g/mol. The predicted molar refractivity (Wildman–Crippen MR) is 79.0 cm³/mol. The number of sulfonamides is 1. The summed E-state index contributed by atoms with van der Waals surface area (Å²) in [4.78, 5) is -0.296. The third-order valence-electron chi connectivity index (χ3n) is 4.57. The molecule has 1 aliphatic heterocycles. The molecule has 0 aromatic heterocycles. The Morgan fingerprint density at radius 3 is 2.67 bits per heavy atom. The van der Waals surface area contributed by atoms with Crippen molar-refractivity contribution in [3.63, 3.8) is 0 Å². The molecular formula is C14H18ClFN2O2S. The summed E-state index contributed by atoms with van der Waals surface area (Å²) in [5.74, 6) is -0.164. The molecule has 0 amide bonds. The molecule has 1 saturated heterocycles. The Bertz CT molecular complexity index is 652. The number of hydrogen-bond donors (Lipinski definition) is 1. The lowest BCUT2D eigenvalue weighted by molar-refractivity contribution is 0.271. The molecule has 1 saturated carbocycles. The topological polar surface area (TPSA) is 63.4 Å². The van der Waals surface area contributed by atoms with Gasteiger partial charge < -0.3 is 5.73 Å². The van der Waals surface area contributed by atoms with Crippen LogP contribution in [0.3, 0.4) is 0 Å². The zero-order chi connectivity index (χ0) is 15.2. The average Bonchev–Trinajstić information content (AvgIpc) is 2.81. The summed E-state index contributed by atoms with van der Waals surface area (Å²) in [5.41, 5.74) is 5.95. The van der Waals surface area contributed by atoms with Crippen LogP contribution in [0.2, 0.25) is 5.02 Å². The minimum absolute atomic E-state index is 0.154. The summed E-state index contributed by atoms with van der Waals surface area (Å²) in [5, 5.41) is 0.188. The highest BCUT2D eigenvalue weighted by molar-refractivity contribution is 7.89. The van der Waals surface area contributed by atoms with Gasteiger partial charge >= 0.3 is 0 Å². The molecule has 3 rings (SSSR count). The van der Waals surface area contributed by atoms with E-state index >= 15 is 0 Å². The minimum Gasteiger partial charge on any atom is -0.328 e. The lowest BCUT2D eigenvalue weighted by atomic mass is 9.79. The Kier molecular flexibility index (Phi) is 3.98. The van der Waals surface area contributed by atoms with Gasteiger partial charge in [0, 0.05) is 24.2 Å². The molecule has 1 aliphatic carbocycles. The molecule has 1 heterocycles. The zero-order valence-corrected chi connectivity index (χ0v) is 13.1. The van der Waals surface area contributed by atoms with Crippen LogP contribution in [-0.2, 0) is 10.0 Å². The Labute approximate surface area is 129 Å². The number of rotatable bonds is 2. The van der Waals surface area contributed by atoms with Gasteiger partial charge in [-0.25, -0.2) is 12.8 Å². The van der Waals surface area contributed by atoms with Gasteiger partial charge in [0.2, 0.25) is 10.0 Å². The van der Waals surface area contributed by atoms with E-state index in [1.807, 2.05) is 0 Å². The van der Waals surface area contributed by atoms with Crippen molar-refractivity contribution in [2.24, 2.45) is 17.6 Å². The molecule has 0 bridgehead atoms. The molecule has 0 spiro atoms. The second kappa shape index (κ2) is 5.50. The van der Waals surface area contributed by atoms with Crippen molar-refractivity contribution in [1.82, 2.24) is 4.31 Å². The van der Waals surface area contributed by atoms with Crippen molar-refractivity contribution < 1.29 is 12.8 Å². The van der Waals surface area contributed by atoms with Gasteiger partial charge in [-0.3, -0.25) is 0 Å². The zero-order valence-electron chi connectivity index (χ0n) is 11.5. The molecule has 1 aromatic rings. The van der Waals surface area contributed by atoms with Crippen LogP contribution in [0.5, 0.6) is 0 Å². The highest BCUT2D eigenvalue weighted by Gasteiger charge is 2.42. The van der Waals surface area contributed by atoms with Gasteiger partial charge in [0.25, 0.3) is 0 Å². The van der Waals surface area contributed by atoms with E-state index in [4.69, 9.17) is 17.3 Å². The first-order chi connectivity index (χ1) is 9.88. The van der Waals surface area contributed by atoms with E-state index in [0.717, 1.165) is 25.3 Å². The second-order valence-electron chi connectivity index (χ2n) is 5.99. The van der Waals surface area contributed by atoms with Crippen LogP contribution in [0, 0.1) is 17.7 Å². The second-order valence-corrected chi connectivity index (χ2v) is 8.33. The molecule has 2 fully saturated rings. The molecule has 0 radical (unpaired) electrons. The van der Waals surface area contributed by atoms with E-state index in [-0.39, 0.29) is 16.0 Å². The van der Waals surface area contributed by atoms with Crippen LogP contribution in [0.1, 0.15) is 19.3 Å². The van der Waals surface area contributed by atoms with Crippen LogP contribution in [0.15, 0.2) is 23.1 Å². The van der Waals surface area contributed by atoms with Gasteiger partial charge in [-0.1, -0.05) is 11.6 Å². The third-order valence-corrected chi connectivity index (χ3v) is 6.67. The van der Waals surface area contributed by atoms with Crippen LogP contribution in [0.4, 0.5) is 4.39 Å². The first-order valence-electron chi connectivity index (χ1n) is 7.08. The maximum absolute atomic E-state index is 13.9. The highest BCUT2D eigenvalue weighted by Crippen LogP contribution is 2.38. The standard InChI is InChI=1S/C14H18ClFN2O2S/c15-11-2-4-14(13(16)6-11)21(19,20)18-7-9-1-3-12(17)5-10(9)8-18/h2,4,6,9-10,12H,1,3,5,7-8,17H2/t9-,10+,12?/m1/s1. The Balaban J connectivity index is 1.86. The molecule has 4 nitrogen and oxygen atoms in total. The van der Waals surface area contributed by atoms with Crippen LogP contribution < -0.4 is 5.73 Å². The SMILES string of the molecule is NC1CC[C@@H]2CN(S(=O)(=O)c3ccc(Cl)cc3F)C[C@@H]2C1. The molecule has 2 N–H and O–H groups in total. The largest absolute Gasteiger partial charge is 0.328 e. The van der Waals surface area contributed by atoms with Crippen LogP contribution >= 0.6 is 11.6 Å². The lowest BCUT2D eigenvalue weighted by Crippen LogP contribution is -2.32. The molecule has 1 aromatic carbocycles. The van der Waals surface area contributed by atoms with Gasteiger partial charge in [-0.05, 0) is 49.3 Å². The number of halogens is 2. The number of hydrogen-bond acceptors (Lipinski definition) is 3. The predicted octanol–water partition coefficient (Wildman–Crippen LogP) is 2.23. The highest BCUT2D eigenvalue weighted by atomic mass is 35.5. The monoisotopic (exact) mass is 332 g/mol. The lowest BCUT2D eigenvalue weighted by Gasteiger charge is -2.28. The molecule has 2 aliphatic rings. The van der Waals surface area contributed by atoms with E-state index in [1.165, 1.54) is 16.4 Å². The molecule has 1 unspecified atom stereocenters. The van der Waals surface area contributed by atoms with Crippen LogP contribution in [-0.4, -0.2) is 31.9 Å². The third kappa shape index (κ3) is 2.82. The first kappa shape index (κ1) is 15.2. The van der Waals surface area contributed by atoms with E-state index in [0.29, 0.717) is 24.9 Å². The fraction of sp³-hybridized carbons (Fsp3) is 0.571. The van der Waals surface area contributed by atoms with Gasteiger partial charge in [0.1, 0.15) is 10.7 Å². The normalized spacial score (nSPS) is 30.3. The van der Waals surface area contributed by atoms with Crippen molar-refractivity contribution in [3.05, 3.63) is 29.0 Å². The summed E-state index contributed by atoms with van der Waals surface area (Å²) in [6.07, 6.45) is 2.73. The first-order valence-corrected chi connectivity index (χ1v) is 8.90. The summed E-state index contributed by atoms with van der Waals surface area (Å²) in [6.45, 7) is 0.893. The maximum Gasteiger partial charge on any atom is 0.246 e. The fourth-order valence-electron chi connectivity index (χ4n) is 3.44. The van der Waals surface area contributed by atoms with Crippen molar-refractivity contribution in [3.8, 4) is 0 Å². The molecule has 7 heteroatoms. The van der Waals surface area contributed by atoms with Gasteiger partial charge in [0.15, 0.2) is 0 Å². The van der Waals surface area contributed by atoms with E-state index in [1.54, 1.807) is 0 Å². The average molecular weight is 333 g/mol. The Morgan fingerprint density at radius 1 is 1.24 bits per heavy atom. The van der Waals surface area contributed by atoms with E-state index in [9.17, 15) is 12.8 Å². The molecule has 3 atom stereocenters. The number of fused-ring (bicyclic) bond motifs is 1. The van der Waals surface area contributed by atoms with Crippen LogP contribution in [0.25, 0.3) is 0 Å². The summed E-state index contributed by atoms with van der Waals surface area (Å²) >= 11 is 5.68. The quantitative estimate of drug-likeness (QED) is 0.903. The molecule has 116 valence electrons. The van der Waals surface area contributed by atoms with Gasteiger partial charge in [-0.2, -0.15) is 4.31 Å².